The van der Waals surface area contributed by atoms with Gasteiger partial charge in [-0.15, -0.1) is 0 Å². The molecule has 0 spiro atoms. The largest absolute Gasteiger partial charge is 0.494 e. The Balaban J connectivity index is 2.20. The fourth-order valence-electron chi connectivity index (χ4n) is 1.85. The molecule has 0 aromatic heterocycles. The highest BCUT2D eigenvalue weighted by Crippen LogP contribution is 2.23. The van der Waals surface area contributed by atoms with Gasteiger partial charge in [0.15, 0.2) is 11.6 Å². The number of carbonyl (C=O) groups excluding carboxylic acids is 1. The lowest BCUT2D eigenvalue weighted by molar-refractivity contribution is -0.114. The number of hydrogen-bond acceptors (Lipinski definition) is 4. The number of hydrogen-bond donors (Lipinski definition) is 2. The van der Waals surface area contributed by atoms with Gasteiger partial charge < -0.3 is 10.1 Å². The molecule has 0 unspecified atom stereocenters. The molecule has 23 heavy (non-hydrogen) atoms. The molecule has 0 fully saturated rings. The number of sulfonamides is 1. The van der Waals surface area contributed by atoms with Gasteiger partial charge in [0.1, 0.15) is 0 Å². The van der Waals surface area contributed by atoms with Crippen LogP contribution in [0.15, 0.2) is 47.4 Å². The highest BCUT2D eigenvalue weighted by atomic mass is 32.2. The van der Waals surface area contributed by atoms with Crippen molar-refractivity contribution in [3.63, 3.8) is 0 Å². The van der Waals surface area contributed by atoms with E-state index in [0.717, 1.165) is 6.07 Å². The molecule has 0 radical (unpaired) electrons. The summed E-state index contributed by atoms with van der Waals surface area (Å²) >= 11 is 0. The van der Waals surface area contributed by atoms with Crippen LogP contribution in [-0.2, 0) is 14.8 Å². The van der Waals surface area contributed by atoms with E-state index in [1.165, 1.54) is 38.3 Å². The summed E-state index contributed by atoms with van der Waals surface area (Å²) < 4.78 is 45.2. The predicted octanol–water partition coefficient (Wildman–Crippen LogP) is 2.59. The first-order valence-corrected chi connectivity index (χ1v) is 8.04. The molecule has 2 aromatic carbocycles. The maximum Gasteiger partial charge on any atom is 0.262 e. The summed E-state index contributed by atoms with van der Waals surface area (Å²) in [5.74, 6) is -1.04. The van der Waals surface area contributed by atoms with Crippen molar-refractivity contribution >= 4 is 27.3 Å². The molecule has 6 nitrogen and oxygen atoms in total. The van der Waals surface area contributed by atoms with E-state index in [9.17, 15) is 17.6 Å². The lowest BCUT2D eigenvalue weighted by Gasteiger charge is -2.10. The predicted molar refractivity (Wildman–Crippen MR) is 84.5 cm³/mol. The number of methoxy groups -OCH3 is 1. The second-order valence-corrected chi connectivity index (χ2v) is 6.34. The first-order valence-electron chi connectivity index (χ1n) is 6.56. The number of nitrogens with one attached hydrogen (secondary N) is 2. The lowest BCUT2D eigenvalue weighted by Crippen LogP contribution is -2.13. The second kappa shape index (κ2) is 6.66. The van der Waals surface area contributed by atoms with Crippen LogP contribution in [0, 0.1) is 5.82 Å². The molecular weight excluding hydrogens is 323 g/mol. The number of anilines is 2. The molecule has 0 heterocycles. The van der Waals surface area contributed by atoms with Crippen molar-refractivity contribution in [2.45, 2.75) is 11.8 Å². The van der Waals surface area contributed by atoms with E-state index in [-0.39, 0.29) is 22.2 Å². The van der Waals surface area contributed by atoms with Crippen molar-refractivity contribution in [1.82, 2.24) is 0 Å². The molecule has 0 aliphatic carbocycles. The fraction of sp³-hybridized carbons (Fsp3) is 0.133. The van der Waals surface area contributed by atoms with Crippen molar-refractivity contribution in [3.8, 4) is 5.75 Å². The van der Waals surface area contributed by atoms with E-state index >= 15 is 0 Å². The lowest BCUT2D eigenvalue weighted by atomic mass is 10.3. The van der Waals surface area contributed by atoms with Crippen LogP contribution >= 0.6 is 0 Å². The van der Waals surface area contributed by atoms with Gasteiger partial charge in [-0.2, -0.15) is 0 Å². The van der Waals surface area contributed by atoms with Gasteiger partial charge in [0.2, 0.25) is 5.91 Å². The Kier molecular flexibility index (Phi) is 4.85. The summed E-state index contributed by atoms with van der Waals surface area (Å²) in [7, 11) is -2.64. The molecule has 0 saturated carbocycles. The van der Waals surface area contributed by atoms with E-state index < -0.39 is 15.8 Å². The Morgan fingerprint density at radius 1 is 1.09 bits per heavy atom. The third-order valence-corrected chi connectivity index (χ3v) is 4.27. The van der Waals surface area contributed by atoms with Gasteiger partial charge in [-0.05, 0) is 42.5 Å². The molecule has 0 saturated heterocycles. The molecule has 2 N–H and O–H groups in total. The first-order chi connectivity index (χ1) is 10.8. The van der Waals surface area contributed by atoms with Crippen molar-refractivity contribution < 1.29 is 22.3 Å². The minimum atomic E-state index is -3.93. The Hall–Kier alpha value is -2.61. The van der Waals surface area contributed by atoms with Crippen LogP contribution in [0.25, 0.3) is 0 Å². The topological polar surface area (TPSA) is 84.5 Å². The zero-order valence-electron chi connectivity index (χ0n) is 12.5. The normalized spacial score (nSPS) is 10.9. The third kappa shape index (κ3) is 4.19. The minimum Gasteiger partial charge on any atom is -0.494 e. The Labute approximate surface area is 133 Å². The van der Waals surface area contributed by atoms with E-state index in [2.05, 4.69) is 10.0 Å². The van der Waals surface area contributed by atoms with Crippen molar-refractivity contribution in [2.75, 3.05) is 17.1 Å². The van der Waals surface area contributed by atoms with Crippen LogP contribution < -0.4 is 14.8 Å². The Morgan fingerprint density at radius 3 is 2.22 bits per heavy atom. The number of halogens is 1. The molecule has 122 valence electrons. The van der Waals surface area contributed by atoms with E-state index in [1.807, 2.05) is 0 Å². The first kappa shape index (κ1) is 16.8. The Bertz CT molecular complexity index is 820. The molecule has 8 heteroatoms. The summed E-state index contributed by atoms with van der Waals surface area (Å²) in [5.41, 5.74) is 0.825. The van der Waals surface area contributed by atoms with Crippen LogP contribution in [0.1, 0.15) is 6.92 Å². The third-order valence-electron chi connectivity index (χ3n) is 2.89. The highest BCUT2D eigenvalue weighted by Gasteiger charge is 2.16. The quantitative estimate of drug-likeness (QED) is 0.877. The molecular formula is C15H15FN2O4S. The monoisotopic (exact) mass is 338 g/mol. The number of ether oxygens (including phenoxy) is 1. The molecule has 0 aliphatic rings. The van der Waals surface area contributed by atoms with Crippen LogP contribution in [0.5, 0.6) is 5.75 Å². The summed E-state index contributed by atoms with van der Waals surface area (Å²) in [6, 6.07) is 9.44. The van der Waals surface area contributed by atoms with Crippen LogP contribution in [-0.4, -0.2) is 21.4 Å². The Morgan fingerprint density at radius 2 is 1.70 bits per heavy atom. The maximum absolute atomic E-state index is 13.6. The number of amides is 1. The maximum atomic E-state index is 13.6. The SMILES string of the molecule is COc1ccc(S(=O)(=O)Nc2ccc(NC(C)=O)cc2)cc1F. The van der Waals surface area contributed by atoms with Gasteiger partial charge in [0.05, 0.1) is 12.0 Å². The van der Waals surface area contributed by atoms with Crippen molar-refractivity contribution in [2.24, 2.45) is 0 Å². The summed E-state index contributed by atoms with van der Waals surface area (Å²) in [6.45, 7) is 1.37. The fourth-order valence-corrected chi connectivity index (χ4v) is 2.92. The molecule has 2 rings (SSSR count). The summed E-state index contributed by atoms with van der Waals surface area (Å²) in [4.78, 5) is 10.7. The second-order valence-electron chi connectivity index (χ2n) is 4.66. The molecule has 2 aromatic rings. The van der Waals surface area contributed by atoms with Gasteiger partial charge in [-0.25, -0.2) is 12.8 Å². The number of benzene rings is 2. The summed E-state index contributed by atoms with van der Waals surface area (Å²) in [5, 5.41) is 2.57. The average molecular weight is 338 g/mol. The van der Waals surface area contributed by atoms with Gasteiger partial charge in [0.25, 0.3) is 10.0 Å². The molecule has 0 atom stereocenters. The van der Waals surface area contributed by atoms with Crippen LogP contribution in [0.4, 0.5) is 15.8 Å². The zero-order valence-corrected chi connectivity index (χ0v) is 13.3. The molecule has 0 bridgehead atoms. The molecule has 0 aliphatic heterocycles. The van der Waals surface area contributed by atoms with Crippen LogP contribution in [0.2, 0.25) is 0 Å². The number of carbonyl (C=O) groups is 1. The van der Waals surface area contributed by atoms with E-state index in [4.69, 9.17) is 4.74 Å². The van der Waals surface area contributed by atoms with Gasteiger partial charge in [-0.3, -0.25) is 9.52 Å². The highest BCUT2D eigenvalue weighted by molar-refractivity contribution is 7.92. The minimum absolute atomic E-state index is 0.0383. The van der Waals surface area contributed by atoms with Gasteiger partial charge in [-0.1, -0.05) is 0 Å². The standard InChI is InChI=1S/C15H15FN2O4S/c1-10(19)17-11-3-5-12(6-4-11)18-23(20,21)13-7-8-15(22-2)14(16)9-13/h3-9,18H,1-2H3,(H,17,19). The van der Waals surface area contributed by atoms with E-state index in [1.54, 1.807) is 12.1 Å². The zero-order chi connectivity index (χ0) is 17.0. The average Bonchev–Trinajstić information content (AvgIpc) is 2.48. The van der Waals surface area contributed by atoms with E-state index in [0.29, 0.717) is 5.69 Å². The van der Waals surface area contributed by atoms with Crippen LogP contribution in [0.3, 0.4) is 0 Å². The van der Waals surface area contributed by atoms with Gasteiger partial charge >= 0.3 is 0 Å². The smallest absolute Gasteiger partial charge is 0.262 e. The van der Waals surface area contributed by atoms with Gasteiger partial charge in [0, 0.05) is 18.3 Å². The van der Waals surface area contributed by atoms with Crippen molar-refractivity contribution in [1.29, 1.82) is 0 Å². The van der Waals surface area contributed by atoms with Crippen molar-refractivity contribution in [3.05, 3.63) is 48.3 Å². The molecule has 1 amide bonds. The summed E-state index contributed by atoms with van der Waals surface area (Å²) in [6.07, 6.45) is 0. The number of rotatable bonds is 5.